The summed E-state index contributed by atoms with van der Waals surface area (Å²) in [6.45, 7) is 0.713. The Morgan fingerprint density at radius 3 is 2.62 bits per heavy atom. The number of H-pyrrole nitrogens is 1. The standard InChI is InChI=1S/C17H16N6O/c24-17(15-9-12-3-1-2-4-13(12)10-18-15)19-14-7-5-11(6-8-14)16-20-22-23-21-16/h1-8,15,18H,9-10H2,(H,19,24)(H,20,21,22,23)/t15-/m0/s1. The van der Waals surface area contributed by atoms with Gasteiger partial charge in [0.2, 0.25) is 11.7 Å². The molecule has 0 unspecified atom stereocenters. The van der Waals surface area contributed by atoms with Crippen LogP contribution >= 0.6 is 0 Å². The number of tetrazole rings is 1. The van der Waals surface area contributed by atoms with E-state index in [-0.39, 0.29) is 11.9 Å². The predicted octanol–water partition coefficient (Wildman–Crippen LogP) is 1.52. The first kappa shape index (κ1) is 14.5. The Kier molecular flexibility index (Phi) is 3.76. The van der Waals surface area contributed by atoms with Gasteiger partial charge in [0.15, 0.2) is 0 Å². The Balaban J connectivity index is 1.43. The highest BCUT2D eigenvalue weighted by atomic mass is 16.2. The average Bonchev–Trinajstić information content (AvgIpc) is 3.16. The summed E-state index contributed by atoms with van der Waals surface area (Å²) < 4.78 is 0. The molecule has 0 fully saturated rings. The van der Waals surface area contributed by atoms with E-state index in [9.17, 15) is 4.79 Å². The molecule has 3 aromatic rings. The SMILES string of the molecule is O=C(Nc1ccc(-c2nn[nH]n2)cc1)[C@@H]1Cc2ccccc2CN1. The molecular weight excluding hydrogens is 304 g/mol. The number of nitrogens with one attached hydrogen (secondary N) is 3. The molecule has 0 spiro atoms. The monoisotopic (exact) mass is 320 g/mol. The van der Waals surface area contributed by atoms with E-state index >= 15 is 0 Å². The van der Waals surface area contributed by atoms with Crippen molar-refractivity contribution < 1.29 is 4.79 Å². The minimum absolute atomic E-state index is 0.0307. The highest BCUT2D eigenvalue weighted by Gasteiger charge is 2.23. The maximum absolute atomic E-state index is 12.5. The Bertz CT molecular complexity index is 844. The molecular formula is C17H16N6O. The maximum atomic E-state index is 12.5. The zero-order chi connectivity index (χ0) is 16.4. The van der Waals surface area contributed by atoms with Gasteiger partial charge in [-0.05, 0) is 47.0 Å². The lowest BCUT2D eigenvalue weighted by molar-refractivity contribution is -0.118. The van der Waals surface area contributed by atoms with Crippen LogP contribution in [0.5, 0.6) is 0 Å². The lowest BCUT2D eigenvalue weighted by Gasteiger charge is -2.25. The van der Waals surface area contributed by atoms with Gasteiger partial charge in [0.1, 0.15) is 0 Å². The molecule has 0 saturated carbocycles. The maximum Gasteiger partial charge on any atom is 0.241 e. The van der Waals surface area contributed by atoms with E-state index < -0.39 is 0 Å². The summed E-state index contributed by atoms with van der Waals surface area (Å²) in [6.07, 6.45) is 0.697. The largest absolute Gasteiger partial charge is 0.325 e. The summed E-state index contributed by atoms with van der Waals surface area (Å²) in [7, 11) is 0. The van der Waals surface area contributed by atoms with Crippen LogP contribution in [0.15, 0.2) is 48.5 Å². The third-order valence-electron chi connectivity index (χ3n) is 4.15. The first-order valence-corrected chi connectivity index (χ1v) is 7.74. The highest BCUT2D eigenvalue weighted by molar-refractivity contribution is 5.95. The number of hydrogen-bond acceptors (Lipinski definition) is 5. The van der Waals surface area contributed by atoms with Crippen molar-refractivity contribution in [3.8, 4) is 11.4 Å². The van der Waals surface area contributed by atoms with Gasteiger partial charge in [-0.3, -0.25) is 4.79 Å². The van der Waals surface area contributed by atoms with Crippen molar-refractivity contribution in [3.63, 3.8) is 0 Å². The van der Waals surface area contributed by atoms with Crippen LogP contribution in [0, 0.1) is 0 Å². The molecule has 24 heavy (non-hydrogen) atoms. The van der Waals surface area contributed by atoms with Crippen LogP contribution in [0.25, 0.3) is 11.4 Å². The van der Waals surface area contributed by atoms with E-state index in [1.807, 2.05) is 36.4 Å². The Hall–Kier alpha value is -3.06. The Labute approximate surface area is 138 Å². The molecule has 1 aliphatic rings. The average molecular weight is 320 g/mol. The minimum Gasteiger partial charge on any atom is -0.325 e. The van der Waals surface area contributed by atoms with Gasteiger partial charge in [-0.1, -0.05) is 24.3 Å². The van der Waals surface area contributed by atoms with Gasteiger partial charge in [-0.25, -0.2) is 0 Å². The molecule has 120 valence electrons. The molecule has 0 radical (unpaired) electrons. The third-order valence-corrected chi connectivity index (χ3v) is 4.15. The second-order valence-corrected chi connectivity index (χ2v) is 5.71. The van der Waals surface area contributed by atoms with E-state index in [1.165, 1.54) is 11.1 Å². The summed E-state index contributed by atoms with van der Waals surface area (Å²) in [5.74, 6) is 0.496. The summed E-state index contributed by atoms with van der Waals surface area (Å²) >= 11 is 0. The first-order chi connectivity index (χ1) is 11.8. The highest BCUT2D eigenvalue weighted by Crippen LogP contribution is 2.19. The number of fused-ring (bicyclic) bond motifs is 1. The number of hydrogen-bond donors (Lipinski definition) is 3. The van der Waals surface area contributed by atoms with Crippen molar-refractivity contribution in [1.29, 1.82) is 0 Å². The topological polar surface area (TPSA) is 95.6 Å². The molecule has 3 N–H and O–H groups in total. The van der Waals surface area contributed by atoms with Crippen molar-refractivity contribution in [1.82, 2.24) is 25.9 Å². The molecule has 2 aromatic carbocycles. The van der Waals surface area contributed by atoms with E-state index in [0.29, 0.717) is 18.8 Å². The predicted molar refractivity (Wildman–Crippen MR) is 89.0 cm³/mol. The number of carbonyl (C=O) groups is 1. The normalized spacial score (nSPS) is 16.4. The quantitative estimate of drug-likeness (QED) is 0.680. The molecule has 0 saturated heterocycles. The van der Waals surface area contributed by atoms with Crippen molar-refractivity contribution in [3.05, 3.63) is 59.7 Å². The fraction of sp³-hybridized carbons (Fsp3) is 0.176. The van der Waals surface area contributed by atoms with Crippen LogP contribution in [0.1, 0.15) is 11.1 Å². The Morgan fingerprint density at radius 1 is 1.08 bits per heavy atom. The molecule has 7 heteroatoms. The molecule has 0 bridgehead atoms. The lowest BCUT2D eigenvalue weighted by atomic mass is 9.95. The molecule has 2 heterocycles. The van der Waals surface area contributed by atoms with Crippen molar-refractivity contribution in [2.75, 3.05) is 5.32 Å². The number of rotatable bonds is 3. The van der Waals surface area contributed by atoms with Crippen molar-refractivity contribution >= 4 is 11.6 Å². The van der Waals surface area contributed by atoms with Crippen LogP contribution in [0.4, 0.5) is 5.69 Å². The van der Waals surface area contributed by atoms with Gasteiger partial charge in [-0.15, -0.1) is 10.2 Å². The van der Waals surface area contributed by atoms with Gasteiger partial charge in [0.05, 0.1) is 6.04 Å². The van der Waals surface area contributed by atoms with E-state index in [4.69, 9.17) is 0 Å². The van der Waals surface area contributed by atoms with Gasteiger partial charge in [0.25, 0.3) is 0 Å². The number of carbonyl (C=O) groups excluding carboxylic acids is 1. The minimum atomic E-state index is -0.225. The zero-order valence-electron chi connectivity index (χ0n) is 12.9. The fourth-order valence-electron chi connectivity index (χ4n) is 2.86. The number of amides is 1. The van der Waals surface area contributed by atoms with E-state index in [1.54, 1.807) is 0 Å². The number of benzene rings is 2. The van der Waals surface area contributed by atoms with Crippen LogP contribution in [0.3, 0.4) is 0 Å². The van der Waals surface area contributed by atoms with E-state index in [2.05, 4.69) is 43.4 Å². The summed E-state index contributed by atoms with van der Waals surface area (Å²) in [6, 6.07) is 15.3. The summed E-state index contributed by atoms with van der Waals surface area (Å²) in [4.78, 5) is 12.5. The third kappa shape index (κ3) is 2.89. The van der Waals surface area contributed by atoms with Gasteiger partial charge >= 0.3 is 0 Å². The number of nitrogens with zero attached hydrogens (tertiary/aromatic N) is 3. The zero-order valence-corrected chi connectivity index (χ0v) is 12.9. The fourth-order valence-corrected chi connectivity index (χ4v) is 2.86. The van der Waals surface area contributed by atoms with Gasteiger partial charge < -0.3 is 10.6 Å². The summed E-state index contributed by atoms with van der Waals surface area (Å²) in [5, 5.41) is 20.0. The van der Waals surface area contributed by atoms with Crippen LogP contribution in [-0.2, 0) is 17.8 Å². The molecule has 1 atom stereocenters. The van der Waals surface area contributed by atoms with Crippen LogP contribution < -0.4 is 10.6 Å². The lowest BCUT2D eigenvalue weighted by Crippen LogP contribution is -2.44. The summed E-state index contributed by atoms with van der Waals surface area (Å²) in [5.41, 5.74) is 4.06. The second kappa shape index (κ2) is 6.21. The van der Waals surface area contributed by atoms with Crippen LogP contribution in [-0.4, -0.2) is 32.6 Å². The molecule has 1 aliphatic heterocycles. The van der Waals surface area contributed by atoms with Crippen molar-refractivity contribution in [2.24, 2.45) is 0 Å². The van der Waals surface area contributed by atoms with Gasteiger partial charge in [-0.2, -0.15) is 5.21 Å². The smallest absolute Gasteiger partial charge is 0.241 e. The molecule has 7 nitrogen and oxygen atoms in total. The first-order valence-electron chi connectivity index (χ1n) is 7.74. The Morgan fingerprint density at radius 2 is 1.88 bits per heavy atom. The van der Waals surface area contributed by atoms with E-state index in [0.717, 1.165) is 11.3 Å². The number of anilines is 1. The molecule has 1 aromatic heterocycles. The second-order valence-electron chi connectivity index (χ2n) is 5.71. The van der Waals surface area contributed by atoms with Crippen LogP contribution in [0.2, 0.25) is 0 Å². The number of aromatic amines is 1. The molecule has 4 rings (SSSR count). The molecule has 1 amide bonds. The van der Waals surface area contributed by atoms with Gasteiger partial charge in [0, 0.05) is 17.8 Å². The number of aromatic nitrogens is 4. The van der Waals surface area contributed by atoms with Crippen molar-refractivity contribution in [2.45, 2.75) is 19.0 Å². The molecule has 0 aliphatic carbocycles.